The van der Waals surface area contributed by atoms with Crippen LogP contribution in [0, 0.1) is 23.7 Å². The highest BCUT2D eigenvalue weighted by Gasteiger charge is 2.25. The maximum absolute atomic E-state index is 12.0. The lowest BCUT2D eigenvalue weighted by Crippen LogP contribution is -2.28. The summed E-state index contributed by atoms with van der Waals surface area (Å²) in [6.07, 6.45) is 4.64. The molecule has 0 saturated heterocycles. The SMILES string of the molecule is CC(C)CC(C)C(C)C(=O)OCC1CCC[C@@H](O)C1. The molecule has 0 radical (unpaired) electrons. The van der Waals surface area contributed by atoms with Crippen molar-refractivity contribution in [2.75, 3.05) is 6.61 Å². The molecule has 112 valence electrons. The number of ether oxygens (including phenoxy) is 1. The van der Waals surface area contributed by atoms with Crippen LogP contribution >= 0.6 is 0 Å². The molecule has 0 bridgehead atoms. The third-order valence-corrected chi connectivity index (χ3v) is 4.28. The van der Waals surface area contributed by atoms with Gasteiger partial charge in [0.05, 0.1) is 18.6 Å². The number of carbonyl (C=O) groups is 1. The van der Waals surface area contributed by atoms with Crippen LogP contribution < -0.4 is 0 Å². The zero-order chi connectivity index (χ0) is 14.4. The third kappa shape index (κ3) is 5.94. The molecule has 4 atom stereocenters. The van der Waals surface area contributed by atoms with Crippen molar-refractivity contribution in [3.8, 4) is 0 Å². The quantitative estimate of drug-likeness (QED) is 0.752. The van der Waals surface area contributed by atoms with Crippen LogP contribution in [0.5, 0.6) is 0 Å². The molecule has 0 heterocycles. The Morgan fingerprint density at radius 2 is 1.95 bits per heavy atom. The van der Waals surface area contributed by atoms with Gasteiger partial charge in [0, 0.05) is 0 Å². The van der Waals surface area contributed by atoms with Crippen LogP contribution in [0.2, 0.25) is 0 Å². The zero-order valence-electron chi connectivity index (χ0n) is 12.9. The molecule has 0 aliphatic heterocycles. The van der Waals surface area contributed by atoms with E-state index in [1.807, 2.05) is 6.92 Å². The number of aliphatic hydroxyl groups excluding tert-OH is 1. The predicted octanol–water partition coefficient (Wildman–Crippen LogP) is 3.40. The van der Waals surface area contributed by atoms with E-state index in [4.69, 9.17) is 4.74 Å². The Labute approximate surface area is 117 Å². The molecule has 1 aliphatic carbocycles. The van der Waals surface area contributed by atoms with Gasteiger partial charge < -0.3 is 9.84 Å². The van der Waals surface area contributed by atoms with E-state index >= 15 is 0 Å². The molecular formula is C16H30O3. The van der Waals surface area contributed by atoms with Crippen LogP contribution in [-0.4, -0.2) is 23.8 Å². The molecule has 1 aliphatic rings. The van der Waals surface area contributed by atoms with Crippen molar-refractivity contribution >= 4 is 5.97 Å². The summed E-state index contributed by atoms with van der Waals surface area (Å²) in [6, 6.07) is 0. The van der Waals surface area contributed by atoms with E-state index in [0.29, 0.717) is 24.4 Å². The number of carbonyl (C=O) groups excluding carboxylic acids is 1. The summed E-state index contributed by atoms with van der Waals surface area (Å²) in [5, 5.41) is 9.60. The summed E-state index contributed by atoms with van der Waals surface area (Å²) in [5.41, 5.74) is 0. The Hall–Kier alpha value is -0.570. The van der Waals surface area contributed by atoms with E-state index in [1.165, 1.54) is 0 Å². The first-order valence-electron chi connectivity index (χ1n) is 7.74. The predicted molar refractivity (Wildman–Crippen MR) is 76.7 cm³/mol. The van der Waals surface area contributed by atoms with Crippen molar-refractivity contribution in [3.63, 3.8) is 0 Å². The van der Waals surface area contributed by atoms with Crippen molar-refractivity contribution in [1.29, 1.82) is 0 Å². The Balaban J connectivity index is 2.29. The smallest absolute Gasteiger partial charge is 0.308 e. The van der Waals surface area contributed by atoms with E-state index in [2.05, 4.69) is 20.8 Å². The Morgan fingerprint density at radius 1 is 1.26 bits per heavy atom. The fraction of sp³-hybridized carbons (Fsp3) is 0.938. The second kappa shape index (κ2) is 7.88. The Bertz CT molecular complexity index is 275. The Kier molecular flexibility index (Phi) is 6.84. The van der Waals surface area contributed by atoms with Crippen molar-refractivity contribution < 1.29 is 14.6 Å². The highest BCUT2D eigenvalue weighted by atomic mass is 16.5. The third-order valence-electron chi connectivity index (χ3n) is 4.28. The van der Waals surface area contributed by atoms with Gasteiger partial charge in [-0.25, -0.2) is 0 Å². The molecule has 1 rings (SSSR count). The number of hydrogen-bond donors (Lipinski definition) is 1. The van der Waals surface area contributed by atoms with Gasteiger partial charge in [0.2, 0.25) is 0 Å². The summed E-state index contributed by atoms with van der Waals surface area (Å²) in [4.78, 5) is 12.0. The topological polar surface area (TPSA) is 46.5 Å². The molecule has 0 spiro atoms. The van der Waals surface area contributed by atoms with E-state index in [9.17, 15) is 9.90 Å². The van der Waals surface area contributed by atoms with Gasteiger partial charge in [-0.3, -0.25) is 4.79 Å². The summed E-state index contributed by atoms with van der Waals surface area (Å²) in [6.45, 7) is 8.92. The van der Waals surface area contributed by atoms with Crippen LogP contribution in [0.25, 0.3) is 0 Å². The zero-order valence-corrected chi connectivity index (χ0v) is 12.9. The molecule has 3 heteroatoms. The minimum absolute atomic E-state index is 0.0316. The van der Waals surface area contributed by atoms with E-state index in [1.54, 1.807) is 0 Å². The highest BCUT2D eigenvalue weighted by Crippen LogP contribution is 2.26. The van der Waals surface area contributed by atoms with E-state index < -0.39 is 0 Å². The van der Waals surface area contributed by atoms with Crippen LogP contribution in [0.3, 0.4) is 0 Å². The summed E-state index contributed by atoms with van der Waals surface area (Å²) < 4.78 is 5.44. The minimum Gasteiger partial charge on any atom is -0.465 e. The molecule has 3 nitrogen and oxygen atoms in total. The van der Waals surface area contributed by atoms with Crippen LogP contribution in [0.4, 0.5) is 0 Å². The van der Waals surface area contributed by atoms with Gasteiger partial charge in [-0.1, -0.05) is 34.1 Å². The molecule has 1 N–H and O–H groups in total. The average Bonchev–Trinajstić information content (AvgIpc) is 2.34. The second-order valence-corrected chi connectivity index (χ2v) is 6.71. The fourth-order valence-electron chi connectivity index (χ4n) is 2.93. The van der Waals surface area contributed by atoms with Gasteiger partial charge in [-0.15, -0.1) is 0 Å². The standard InChI is InChI=1S/C16H30O3/c1-11(2)8-12(3)13(4)16(18)19-10-14-6-5-7-15(17)9-14/h11-15,17H,5-10H2,1-4H3/t12?,13?,14?,15-/m1/s1. The van der Waals surface area contributed by atoms with Gasteiger partial charge in [-0.05, 0) is 43.4 Å². The van der Waals surface area contributed by atoms with Crippen LogP contribution in [0.1, 0.15) is 59.8 Å². The van der Waals surface area contributed by atoms with E-state index in [0.717, 1.165) is 32.1 Å². The average molecular weight is 270 g/mol. The van der Waals surface area contributed by atoms with Gasteiger partial charge in [0.1, 0.15) is 0 Å². The lowest BCUT2D eigenvalue weighted by atomic mass is 9.87. The number of rotatable bonds is 6. The monoisotopic (exact) mass is 270 g/mol. The van der Waals surface area contributed by atoms with Crippen molar-refractivity contribution in [2.24, 2.45) is 23.7 Å². The first kappa shape index (κ1) is 16.5. The summed E-state index contributed by atoms with van der Waals surface area (Å²) >= 11 is 0. The number of aliphatic hydroxyl groups is 1. The molecule has 0 aromatic heterocycles. The minimum atomic E-state index is -0.199. The van der Waals surface area contributed by atoms with Gasteiger partial charge >= 0.3 is 5.97 Å². The molecular weight excluding hydrogens is 240 g/mol. The largest absolute Gasteiger partial charge is 0.465 e. The maximum atomic E-state index is 12.0. The maximum Gasteiger partial charge on any atom is 0.308 e. The summed E-state index contributed by atoms with van der Waals surface area (Å²) in [5.74, 6) is 1.22. The Morgan fingerprint density at radius 3 is 2.53 bits per heavy atom. The molecule has 0 amide bonds. The molecule has 3 unspecified atom stereocenters. The number of hydrogen-bond acceptors (Lipinski definition) is 3. The normalized spacial score (nSPS) is 27.1. The summed E-state index contributed by atoms with van der Waals surface area (Å²) in [7, 11) is 0. The van der Waals surface area contributed by atoms with Crippen molar-refractivity contribution in [2.45, 2.75) is 65.9 Å². The highest BCUT2D eigenvalue weighted by molar-refractivity contribution is 5.72. The van der Waals surface area contributed by atoms with E-state index in [-0.39, 0.29) is 18.0 Å². The number of esters is 1. The lowest BCUT2D eigenvalue weighted by Gasteiger charge is -2.26. The first-order chi connectivity index (χ1) is 8.90. The van der Waals surface area contributed by atoms with Gasteiger partial charge in [-0.2, -0.15) is 0 Å². The lowest BCUT2D eigenvalue weighted by molar-refractivity contribution is -0.152. The van der Waals surface area contributed by atoms with Crippen LogP contribution in [-0.2, 0) is 9.53 Å². The first-order valence-corrected chi connectivity index (χ1v) is 7.74. The molecule has 0 aromatic carbocycles. The molecule has 19 heavy (non-hydrogen) atoms. The van der Waals surface area contributed by atoms with Crippen molar-refractivity contribution in [1.82, 2.24) is 0 Å². The second-order valence-electron chi connectivity index (χ2n) is 6.71. The molecule has 0 aromatic rings. The van der Waals surface area contributed by atoms with Gasteiger partial charge in [0.25, 0.3) is 0 Å². The van der Waals surface area contributed by atoms with Gasteiger partial charge in [0.15, 0.2) is 0 Å². The van der Waals surface area contributed by atoms with Crippen LogP contribution in [0.15, 0.2) is 0 Å². The fourth-order valence-corrected chi connectivity index (χ4v) is 2.93. The van der Waals surface area contributed by atoms with Crippen molar-refractivity contribution in [3.05, 3.63) is 0 Å². The molecule has 1 fully saturated rings. The molecule has 1 saturated carbocycles.